The van der Waals surface area contributed by atoms with Crippen molar-refractivity contribution in [1.82, 2.24) is 5.32 Å². The molecule has 0 bridgehead atoms. The Morgan fingerprint density at radius 2 is 1.67 bits per heavy atom. The number of hydrogen-bond donors (Lipinski definition) is 1. The van der Waals surface area contributed by atoms with Crippen LogP contribution in [0.5, 0.6) is 5.75 Å². The van der Waals surface area contributed by atoms with E-state index in [1.165, 1.54) is 0 Å². The van der Waals surface area contributed by atoms with Crippen LogP contribution in [-0.2, 0) is 14.3 Å². The largest absolute Gasteiger partial charge is 0.490 e. The van der Waals surface area contributed by atoms with Crippen molar-refractivity contribution < 1.29 is 23.8 Å². The molecule has 0 aromatic heterocycles. The van der Waals surface area contributed by atoms with Crippen molar-refractivity contribution in [3.8, 4) is 5.75 Å². The molecule has 0 saturated carbocycles. The first-order valence-corrected chi connectivity index (χ1v) is 7.99. The van der Waals surface area contributed by atoms with E-state index in [-0.39, 0.29) is 26.2 Å². The highest BCUT2D eigenvalue weighted by atomic mass is 16.6. The van der Waals surface area contributed by atoms with E-state index in [1.54, 1.807) is 20.8 Å². The quantitative estimate of drug-likeness (QED) is 0.611. The fourth-order valence-electron chi connectivity index (χ4n) is 1.98. The average molecular weight is 337 g/mol. The van der Waals surface area contributed by atoms with Gasteiger partial charge < -0.3 is 19.5 Å². The SMILES string of the molecule is Cc1cc(C)cc(OCCOC(=O)CCNC(=O)OC(C)(C)C)c1. The highest BCUT2D eigenvalue weighted by Gasteiger charge is 2.16. The lowest BCUT2D eigenvalue weighted by Crippen LogP contribution is -2.33. The van der Waals surface area contributed by atoms with Crippen molar-refractivity contribution in [1.29, 1.82) is 0 Å². The van der Waals surface area contributed by atoms with Crippen molar-refractivity contribution >= 4 is 12.1 Å². The molecule has 24 heavy (non-hydrogen) atoms. The summed E-state index contributed by atoms with van der Waals surface area (Å²) in [6.45, 7) is 9.94. The van der Waals surface area contributed by atoms with Gasteiger partial charge in [0.25, 0.3) is 0 Å². The Balaban J connectivity index is 2.15. The first-order chi connectivity index (χ1) is 11.2. The Bertz CT molecular complexity index is 543. The lowest BCUT2D eigenvalue weighted by molar-refractivity contribution is -0.144. The first kappa shape index (κ1) is 19.8. The van der Waals surface area contributed by atoms with Crippen LogP contribution in [0.25, 0.3) is 0 Å². The number of rotatable bonds is 7. The minimum atomic E-state index is -0.559. The molecule has 0 spiro atoms. The van der Waals surface area contributed by atoms with E-state index in [0.717, 1.165) is 16.9 Å². The molecule has 0 aliphatic carbocycles. The first-order valence-electron chi connectivity index (χ1n) is 7.99. The smallest absolute Gasteiger partial charge is 0.407 e. The molecule has 0 aliphatic rings. The maximum Gasteiger partial charge on any atom is 0.407 e. The predicted octanol–water partition coefficient (Wildman–Crippen LogP) is 3.14. The molecule has 6 nitrogen and oxygen atoms in total. The predicted molar refractivity (Wildman–Crippen MR) is 91.2 cm³/mol. The van der Waals surface area contributed by atoms with Crippen molar-refractivity contribution in [2.45, 2.75) is 46.6 Å². The van der Waals surface area contributed by atoms with Gasteiger partial charge in [0, 0.05) is 6.54 Å². The number of aryl methyl sites for hydroxylation is 2. The Labute approximate surface area is 143 Å². The summed E-state index contributed by atoms with van der Waals surface area (Å²) in [6, 6.07) is 5.92. The molecule has 0 unspecified atom stereocenters. The van der Waals surface area contributed by atoms with Crippen LogP contribution < -0.4 is 10.1 Å². The highest BCUT2D eigenvalue weighted by Crippen LogP contribution is 2.15. The number of esters is 1. The average Bonchev–Trinajstić information content (AvgIpc) is 2.40. The maximum atomic E-state index is 11.6. The van der Waals surface area contributed by atoms with Gasteiger partial charge in [-0.05, 0) is 57.9 Å². The number of carbonyl (C=O) groups is 2. The van der Waals surface area contributed by atoms with Gasteiger partial charge in [-0.1, -0.05) is 6.07 Å². The Morgan fingerprint density at radius 1 is 1.04 bits per heavy atom. The third kappa shape index (κ3) is 9.02. The zero-order valence-corrected chi connectivity index (χ0v) is 15.1. The zero-order chi connectivity index (χ0) is 18.2. The number of ether oxygens (including phenoxy) is 3. The molecule has 0 heterocycles. The number of hydrogen-bond acceptors (Lipinski definition) is 5. The molecular formula is C18H27NO5. The number of amides is 1. The van der Waals surface area contributed by atoms with Crippen LogP contribution in [0, 0.1) is 13.8 Å². The van der Waals surface area contributed by atoms with E-state index < -0.39 is 17.7 Å². The molecule has 0 atom stereocenters. The van der Waals surface area contributed by atoms with Gasteiger partial charge in [-0.3, -0.25) is 4.79 Å². The molecule has 0 aliphatic heterocycles. The van der Waals surface area contributed by atoms with E-state index in [4.69, 9.17) is 14.2 Å². The molecule has 134 valence electrons. The molecule has 1 rings (SSSR count). The van der Waals surface area contributed by atoms with Crippen LogP contribution in [0.4, 0.5) is 4.79 Å². The minimum absolute atomic E-state index is 0.0861. The van der Waals surface area contributed by atoms with Crippen LogP contribution >= 0.6 is 0 Å². The summed E-state index contributed by atoms with van der Waals surface area (Å²) in [5.41, 5.74) is 1.68. The molecular weight excluding hydrogens is 310 g/mol. The van der Waals surface area contributed by atoms with Crippen LogP contribution in [0.2, 0.25) is 0 Å². The van der Waals surface area contributed by atoms with Crippen LogP contribution in [0.1, 0.15) is 38.3 Å². The van der Waals surface area contributed by atoms with Crippen LogP contribution in [0.3, 0.4) is 0 Å². The van der Waals surface area contributed by atoms with E-state index in [1.807, 2.05) is 26.0 Å². The molecule has 6 heteroatoms. The zero-order valence-electron chi connectivity index (χ0n) is 15.1. The van der Waals surface area contributed by atoms with Crippen LogP contribution in [0.15, 0.2) is 18.2 Å². The number of alkyl carbamates (subject to hydrolysis) is 1. The normalized spacial score (nSPS) is 10.9. The van der Waals surface area contributed by atoms with Gasteiger partial charge in [-0.2, -0.15) is 0 Å². The van der Waals surface area contributed by atoms with Gasteiger partial charge in [0.2, 0.25) is 0 Å². The topological polar surface area (TPSA) is 73.9 Å². The standard InChI is InChI=1S/C18H27NO5/c1-13-10-14(2)12-15(11-13)22-8-9-23-16(20)6-7-19-17(21)24-18(3,4)5/h10-12H,6-9H2,1-5H3,(H,19,21). The van der Waals surface area contributed by atoms with Crippen molar-refractivity contribution in [2.24, 2.45) is 0 Å². The summed E-state index contributed by atoms with van der Waals surface area (Å²) in [6.07, 6.45) is -0.462. The summed E-state index contributed by atoms with van der Waals surface area (Å²) < 4.78 is 15.7. The molecule has 1 aromatic carbocycles. The van der Waals surface area contributed by atoms with Gasteiger partial charge in [-0.25, -0.2) is 4.79 Å². The second-order valence-electron chi connectivity index (χ2n) is 6.57. The second-order valence-corrected chi connectivity index (χ2v) is 6.57. The second kappa shape index (κ2) is 9.15. The molecule has 0 saturated heterocycles. The van der Waals surface area contributed by atoms with Crippen molar-refractivity contribution in [3.05, 3.63) is 29.3 Å². The fraction of sp³-hybridized carbons (Fsp3) is 0.556. The molecule has 0 radical (unpaired) electrons. The van der Waals surface area contributed by atoms with Crippen molar-refractivity contribution in [2.75, 3.05) is 19.8 Å². The van der Waals surface area contributed by atoms with Gasteiger partial charge in [0.15, 0.2) is 0 Å². The lowest BCUT2D eigenvalue weighted by Gasteiger charge is -2.19. The Hall–Kier alpha value is -2.24. The summed E-state index contributed by atoms with van der Waals surface area (Å²) in [7, 11) is 0. The Kier molecular flexibility index (Phi) is 7.55. The van der Waals surface area contributed by atoms with E-state index in [2.05, 4.69) is 11.4 Å². The van der Waals surface area contributed by atoms with Gasteiger partial charge in [-0.15, -0.1) is 0 Å². The third-order valence-corrected chi connectivity index (χ3v) is 2.81. The number of carbonyl (C=O) groups excluding carboxylic acids is 2. The fourth-order valence-corrected chi connectivity index (χ4v) is 1.98. The minimum Gasteiger partial charge on any atom is -0.490 e. The molecule has 1 N–H and O–H groups in total. The maximum absolute atomic E-state index is 11.6. The Morgan fingerprint density at radius 3 is 2.25 bits per heavy atom. The van der Waals surface area contributed by atoms with E-state index in [0.29, 0.717) is 0 Å². The van der Waals surface area contributed by atoms with E-state index >= 15 is 0 Å². The summed E-state index contributed by atoms with van der Waals surface area (Å²) >= 11 is 0. The van der Waals surface area contributed by atoms with Crippen molar-refractivity contribution in [3.63, 3.8) is 0 Å². The third-order valence-electron chi connectivity index (χ3n) is 2.81. The summed E-state index contributed by atoms with van der Waals surface area (Å²) in [5.74, 6) is 0.366. The van der Waals surface area contributed by atoms with Gasteiger partial charge in [0.1, 0.15) is 24.6 Å². The van der Waals surface area contributed by atoms with Crippen LogP contribution in [-0.4, -0.2) is 37.4 Å². The van der Waals surface area contributed by atoms with Gasteiger partial charge >= 0.3 is 12.1 Å². The number of benzene rings is 1. The highest BCUT2D eigenvalue weighted by molar-refractivity contribution is 5.71. The summed E-state index contributed by atoms with van der Waals surface area (Å²) in [4.78, 5) is 23.0. The lowest BCUT2D eigenvalue weighted by atomic mass is 10.1. The molecule has 1 aromatic rings. The van der Waals surface area contributed by atoms with E-state index in [9.17, 15) is 9.59 Å². The monoisotopic (exact) mass is 337 g/mol. The van der Waals surface area contributed by atoms with Gasteiger partial charge in [0.05, 0.1) is 6.42 Å². The summed E-state index contributed by atoms with van der Waals surface area (Å²) in [5, 5.41) is 2.51. The molecule has 0 fully saturated rings. The molecule has 1 amide bonds. The number of nitrogens with one attached hydrogen (secondary N) is 1.